The van der Waals surface area contributed by atoms with E-state index in [1.54, 1.807) is 42.6 Å². The van der Waals surface area contributed by atoms with Gasteiger partial charge in [0.1, 0.15) is 11.6 Å². The number of methoxy groups -OCH3 is 1. The van der Waals surface area contributed by atoms with Crippen molar-refractivity contribution in [2.24, 2.45) is 0 Å². The Morgan fingerprint density at radius 1 is 1.15 bits per heavy atom. The van der Waals surface area contributed by atoms with Crippen LogP contribution in [0.3, 0.4) is 0 Å². The molecule has 0 bridgehead atoms. The van der Waals surface area contributed by atoms with Crippen molar-refractivity contribution in [3.05, 3.63) is 72.3 Å². The average molecular weight is 368 g/mol. The van der Waals surface area contributed by atoms with Crippen molar-refractivity contribution < 1.29 is 18.7 Å². The average Bonchev–Trinajstić information content (AvgIpc) is 2.68. The van der Waals surface area contributed by atoms with E-state index in [-0.39, 0.29) is 12.4 Å². The molecule has 3 rings (SSSR count). The van der Waals surface area contributed by atoms with Gasteiger partial charge in [-0.05, 0) is 24.3 Å². The van der Waals surface area contributed by atoms with Crippen LogP contribution in [0.5, 0.6) is 17.5 Å². The molecule has 0 spiro atoms. The molecule has 2 heterocycles. The Kier molecular flexibility index (Phi) is 5.78. The van der Waals surface area contributed by atoms with Crippen LogP contribution in [0.25, 0.3) is 0 Å². The number of pyridine rings is 2. The third-order valence-corrected chi connectivity index (χ3v) is 3.50. The van der Waals surface area contributed by atoms with Gasteiger partial charge in [0.25, 0.3) is 0 Å². The van der Waals surface area contributed by atoms with Crippen molar-refractivity contribution in [1.29, 1.82) is 0 Å². The minimum atomic E-state index is -0.414. The first kappa shape index (κ1) is 18.1. The van der Waals surface area contributed by atoms with Crippen molar-refractivity contribution in [2.45, 2.75) is 6.54 Å². The topological polar surface area (TPSA) is 85.4 Å². The number of rotatable bonds is 6. The second-order valence-electron chi connectivity index (χ2n) is 5.42. The van der Waals surface area contributed by atoms with Gasteiger partial charge in [-0.2, -0.15) is 0 Å². The fraction of sp³-hybridized carbons (Fsp3) is 0.105. The van der Waals surface area contributed by atoms with Crippen molar-refractivity contribution in [1.82, 2.24) is 15.3 Å². The van der Waals surface area contributed by atoms with Crippen LogP contribution >= 0.6 is 0 Å². The Hall–Kier alpha value is -3.68. The summed E-state index contributed by atoms with van der Waals surface area (Å²) in [6, 6.07) is 12.1. The maximum atomic E-state index is 13.3. The molecule has 2 amide bonds. The molecule has 138 valence electrons. The number of ether oxygens (including phenoxy) is 2. The highest BCUT2D eigenvalue weighted by Crippen LogP contribution is 2.23. The zero-order valence-corrected chi connectivity index (χ0v) is 14.5. The number of amides is 2. The van der Waals surface area contributed by atoms with E-state index in [4.69, 9.17) is 9.47 Å². The lowest BCUT2D eigenvalue weighted by Crippen LogP contribution is -2.28. The van der Waals surface area contributed by atoms with E-state index in [0.29, 0.717) is 22.9 Å². The molecule has 0 aliphatic rings. The van der Waals surface area contributed by atoms with Gasteiger partial charge in [-0.3, -0.25) is 0 Å². The number of benzene rings is 1. The molecule has 3 aromatic rings. The van der Waals surface area contributed by atoms with Gasteiger partial charge >= 0.3 is 6.03 Å². The van der Waals surface area contributed by atoms with E-state index < -0.39 is 11.8 Å². The number of anilines is 1. The van der Waals surface area contributed by atoms with Gasteiger partial charge in [-0.25, -0.2) is 19.2 Å². The third kappa shape index (κ3) is 5.15. The number of urea groups is 1. The van der Waals surface area contributed by atoms with Crippen LogP contribution in [0, 0.1) is 5.82 Å². The number of carbonyl (C=O) groups excluding carboxylic acids is 1. The van der Waals surface area contributed by atoms with E-state index >= 15 is 0 Å². The maximum absolute atomic E-state index is 13.3. The number of halogens is 1. The monoisotopic (exact) mass is 368 g/mol. The molecule has 0 aliphatic carbocycles. The quantitative estimate of drug-likeness (QED) is 0.692. The molecule has 0 saturated carbocycles. The predicted octanol–water partition coefficient (Wildman–Crippen LogP) is 3.74. The molecular weight excluding hydrogens is 351 g/mol. The highest BCUT2D eigenvalue weighted by atomic mass is 19.1. The second kappa shape index (κ2) is 8.61. The summed E-state index contributed by atoms with van der Waals surface area (Å²) in [6.07, 6.45) is 3.04. The molecule has 1 aromatic carbocycles. The van der Waals surface area contributed by atoms with Crippen molar-refractivity contribution >= 4 is 11.7 Å². The molecule has 8 heteroatoms. The molecule has 2 N–H and O–H groups in total. The van der Waals surface area contributed by atoms with Crippen LogP contribution in [-0.4, -0.2) is 23.1 Å². The lowest BCUT2D eigenvalue weighted by atomic mass is 10.2. The van der Waals surface area contributed by atoms with Gasteiger partial charge in [0.15, 0.2) is 0 Å². The van der Waals surface area contributed by atoms with Gasteiger partial charge in [0, 0.05) is 30.4 Å². The molecule has 27 heavy (non-hydrogen) atoms. The highest BCUT2D eigenvalue weighted by molar-refractivity contribution is 5.89. The summed E-state index contributed by atoms with van der Waals surface area (Å²) in [5, 5.41) is 5.37. The number of nitrogens with zero attached hydrogens (tertiary/aromatic N) is 2. The summed E-state index contributed by atoms with van der Waals surface area (Å²) < 4.78 is 23.9. The third-order valence-electron chi connectivity index (χ3n) is 3.50. The zero-order valence-electron chi connectivity index (χ0n) is 14.5. The Bertz CT molecular complexity index is 919. The molecule has 0 atom stereocenters. The Labute approximate surface area is 155 Å². The first-order valence-electron chi connectivity index (χ1n) is 8.06. The second-order valence-corrected chi connectivity index (χ2v) is 5.42. The number of carbonyl (C=O) groups is 1. The maximum Gasteiger partial charge on any atom is 0.319 e. The fourth-order valence-electron chi connectivity index (χ4n) is 2.22. The summed E-state index contributed by atoms with van der Waals surface area (Å²) in [7, 11) is 1.51. The van der Waals surface area contributed by atoms with E-state index in [0.717, 1.165) is 0 Å². The van der Waals surface area contributed by atoms with Gasteiger partial charge in [0.2, 0.25) is 11.8 Å². The summed E-state index contributed by atoms with van der Waals surface area (Å²) in [5.41, 5.74) is 1.17. The summed E-state index contributed by atoms with van der Waals surface area (Å²) in [5.74, 6) is 0.657. The summed E-state index contributed by atoms with van der Waals surface area (Å²) >= 11 is 0. The molecule has 0 fully saturated rings. The van der Waals surface area contributed by atoms with Gasteiger partial charge in [-0.1, -0.05) is 12.1 Å². The Morgan fingerprint density at radius 3 is 2.78 bits per heavy atom. The van der Waals surface area contributed by atoms with Crippen molar-refractivity contribution in [2.75, 3.05) is 12.4 Å². The van der Waals surface area contributed by atoms with Gasteiger partial charge in [0.05, 0.1) is 19.0 Å². The minimum absolute atomic E-state index is 0.175. The lowest BCUT2D eigenvalue weighted by Gasteiger charge is -2.11. The molecule has 0 radical (unpaired) electrons. The number of hydrogen-bond donors (Lipinski definition) is 2. The van der Waals surface area contributed by atoms with Crippen LogP contribution in [-0.2, 0) is 6.54 Å². The molecular formula is C19H17FN4O3. The van der Waals surface area contributed by atoms with Crippen LogP contribution < -0.4 is 20.1 Å². The number of aromatic nitrogens is 2. The first-order chi connectivity index (χ1) is 13.1. The van der Waals surface area contributed by atoms with Gasteiger partial charge in [-0.15, -0.1) is 0 Å². The fourth-order valence-corrected chi connectivity index (χ4v) is 2.22. The molecule has 0 saturated heterocycles. The van der Waals surface area contributed by atoms with Crippen molar-refractivity contribution in [3.8, 4) is 17.5 Å². The minimum Gasteiger partial charge on any atom is -0.481 e. The predicted molar refractivity (Wildman–Crippen MR) is 97.4 cm³/mol. The normalized spacial score (nSPS) is 10.1. The first-order valence-corrected chi connectivity index (χ1v) is 8.06. The number of nitrogens with one attached hydrogen (secondary N) is 2. The smallest absolute Gasteiger partial charge is 0.319 e. The highest BCUT2D eigenvalue weighted by Gasteiger charge is 2.09. The summed E-state index contributed by atoms with van der Waals surface area (Å²) in [6.45, 7) is 0.175. The molecule has 0 unspecified atom stereocenters. The standard InChI is InChI=1S/C19H17FN4O3/c1-26-17-8-7-15(12-22-17)24-19(25)23-11-13-4-3-9-21-18(13)27-16-6-2-5-14(20)10-16/h2-10,12H,11H2,1H3,(H2,23,24,25). The Balaban J connectivity index is 1.61. The van der Waals surface area contributed by atoms with Crippen LogP contribution in [0.15, 0.2) is 60.9 Å². The van der Waals surface area contributed by atoms with E-state index in [1.165, 1.54) is 25.4 Å². The molecule has 7 nitrogen and oxygen atoms in total. The zero-order chi connectivity index (χ0) is 19.1. The van der Waals surface area contributed by atoms with Crippen LogP contribution in [0.2, 0.25) is 0 Å². The SMILES string of the molecule is COc1ccc(NC(=O)NCc2cccnc2Oc2cccc(F)c2)cn1. The largest absolute Gasteiger partial charge is 0.481 e. The van der Waals surface area contributed by atoms with E-state index in [2.05, 4.69) is 20.6 Å². The lowest BCUT2D eigenvalue weighted by molar-refractivity contribution is 0.251. The van der Waals surface area contributed by atoms with E-state index in [9.17, 15) is 9.18 Å². The summed E-state index contributed by atoms with van der Waals surface area (Å²) in [4.78, 5) is 20.2. The Morgan fingerprint density at radius 2 is 2.04 bits per heavy atom. The number of hydrogen-bond acceptors (Lipinski definition) is 5. The molecule has 2 aromatic heterocycles. The van der Waals surface area contributed by atoms with Crippen molar-refractivity contribution in [3.63, 3.8) is 0 Å². The van der Waals surface area contributed by atoms with Crippen LogP contribution in [0.4, 0.5) is 14.9 Å². The van der Waals surface area contributed by atoms with Gasteiger partial charge < -0.3 is 20.1 Å². The van der Waals surface area contributed by atoms with Crippen LogP contribution in [0.1, 0.15) is 5.56 Å². The molecule has 0 aliphatic heterocycles. The van der Waals surface area contributed by atoms with E-state index in [1.807, 2.05) is 0 Å².